The highest BCUT2D eigenvalue weighted by atomic mass is 79.9. The molecule has 0 spiro atoms. The van der Waals surface area contributed by atoms with Crippen molar-refractivity contribution in [1.29, 1.82) is 0 Å². The topological polar surface area (TPSA) is 37.4 Å². The van der Waals surface area contributed by atoms with E-state index in [1.54, 1.807) is 0 Å². The Morgan fingerprint density at radius 2 is 2.33 bits per heavy atom. The molecule has 0 aromatic rings. The lowest BCUT2D eigenvalue weighted by Gasteiger charge is -2.23. The van der Waals surface area contributed by atoms with E-state index in [-0.39, 0.29) is 4.66 Å². The van der Waals surface area contributed by atoms with Crippen molar-refractivity contribution in [2.24, 2.45) is 0 Å². The Morgan fingerprint density at radius 1 is 1.67 bits per heavy atom. The van der Waals surface area contributed by atoms with Crippen LogP contribution in [-0.2, 0) is 10.0 Å². The predicted octanol–water partition coefficient (Wildman–Crippen LogP) is 1.32. The SMILES string of the molecule is CC1=CCN(S(=O)(=O)CBr)CC1. The van der Waals surface area contributed by atoms with Crippen molar-refractivity contribution in [3.8, 4) is 0 Å². The third-order valence-electron chi connectivity index (χ3n) is 1.93. The summed E-state index contributed by atoms with van der Waals surface area (Å²) in [6.45, 7) is 3.17. The van der Waals surface area contributed by atoms with Crippen LogP contribution in [0.4, 0.5) is 0 Å². The summed E-state index contributed by atoms with van der Waals surface area (Å²) in [5, 5.41) is 0. The van der Waals surface area contributed by atoms with Gasteiger partial charge in [0.1, 0.15) is 4.66 Å². The molecule has 0 atom stereocenters. The molecule has 0 bridgehead atoms. The number of rotatable bonds is 2. The zero-order valence-electron chi connectivity index (χ0n) is 6.96. The molecule has 1 rings (SSSR count). The Labute approximate surface area is 81.6 Å². The van der Waals surface area contributed by atoms with Crippen LogP contribution in [0.2, 0.25) is 0 Å². The maximum absolute atomic E-state index is 11.3. The molecule has 3 nitrogen and oxygen atoms in total. The standard InChI is InChI=1S/C7H12BrNO2S/c1-7-2-4-9(5-3-7)12(10,11)6-8/h2H,3-6H2,1H3. The molecule has 70 valence electrons. The third kappa shape index (κ3) is 2.31. The van der Waals surface area contributed by atoms with Crippen LogP contribution in [0.5, 0.6) is 0 Å². The fraction of sp³-hybridized carbons (Fsp3) is 0.714. The summed E-state index contributed by atoms with van der Waals surface area (Å²) in [6.07, 6.45) is 2.82. The van der Waals surface area contributed by atoms with E-state index in [0.29, 0.717) is 13.1 Å². The molecule has 1 aliphatic heterocycles. The van der Waals surface area contributed by atoms with Crippen LogP contribution >= 0.6 is 15.9 Å². The molecule has 5 heteroatoms. The molecule has 0 saturated carbocycles. The molecule has 0 aromatic carbocycles. The van der Waals surface area contributed by atoms with Crippen molar-refractivity contribution in [3.05, 3.63) is 11.6 Å². The van der Waals surface area contributed by atoms with Crippen molar-refractivity contribution in [2.45, 2.75) is 13.3 Å². The molecular formula is C7H12BrNO2S. The number of hydrogen-bond donors (Lipinski definition) is 0. The Kier molecular flexibility index (Phi) is 3.31. The summed E-state index contributed by atoms with van der Waals surface area (Å²) < 4.78 is 24.1. The van der Waals surface area contributed by atoms with E-state index >= 15 is 0 Å². The molecule has 0 N–H and O–H groups in total. The van der Waals surface area contributed by atoms with Crippen LogP contribution in [0.1, 0.15) is 13.3 Å². The van der Waals surface area contributed by atoms with Crippen LogP contribution in [-0.4, -0.2) is 30.5 Å². The summed E-state index contributed by atoms with van der Waals surface area (Å²) in [4.78, 5) is 0. The summed E-state index contributed by atoms with van der Waals surface area (Å²) >= 11 is 2.97. The van der Waals surface area contributed by atoms with Crippen molar-refractivity contribution in [1.82, 2.24) is 4.31 Å². The predicted molar refractivity (Wildman–Crippen MR) is 52.7 cm³/mol. The monoisotopic (exact) mass is 253 g/mol. The largest absolute Gasteiger partial charge is 0.224 e. The van der Waals surface area contributed by atoms with Crippen molar-refractivity contribution in [2.75, 3.05) is 17.8 Å². The highest BCUT2D eigenvalue weighted by Gasteiger charge is 2.21. The zero-order valence-corrected chi connectivity index (χ0v) is 9.36. The van der Waals surface area contributed by atoms with Gasteiger partial charge in [0.2, 0.25) is 10.0 Å². The molecule has 1 aliphatic rings. The Balaban J connectivity index is 2.70. The van der Waals surface area contributed by atoms with Gasteiger partial charge in [0.15, 0.2) is 0 Å². The molecule has 0 aromatic heterocycles. The first-order chi connectivity index (χ1) is 5.56. The quantitative estimate of drug-likeness (QED) is 0.550. The molecule has 0 amide bonds. The highest BCUT2D eigenvalue weighted by Crippen LogP contribution is 2.14. The van der Waals surface area contributed by atoms with Gasteiger partial charge in [-0.15, -0.1) is 0 Å². The Bertz CT molecular complexity index is 284. The summed E-state index contributed by atoms with van der Waals surface area (Å²) in [7, 11) is -3.04. The fourth-order valence-corrected chi connectivity index (χ4v) is 2.75. The van der Waals surface area contributed by atoms with Crippen LogP contribution in [0.25, 0.3) is 0 Å². The molecule has 1 heterocycles. The van der Waals surface area contributed by atoms with E-state index in [0.717, 1.165) is 6.42 Å². The molecule has 0 unspecified atom stereocenters. The van der Waals surface area contributed by atoms with Gasteiger partial charge in [-0.25, -0.2) is 8.42 Å². The van der Waals surface area contributed by atoms with Gasteiger partial charge in [0, 0.05) is 13.1 Å². The Hall–Kier alpha value is 0.130. The average Bonchev–Trinajstić information content (AvgIpc) is 2.05. The molecule has 12 heavy (non-hydrogen) atoms. The first-order valence-electron chi connectivity index (χ1n) is 3.75. The maximum Gasteiger partial charge on any atom is 0.224 e. The lowest BCUT2D eigenvalue weighted by Crippen LogP contribution is -2.35. The Morgan fingerprint density at radius 3 is 2.75 bits per heavy atom. The smallest absolute Gasteiger partial charge is 0.211 e. The minimum absolute atomic E-state index is 0.0207. The van der Waals surface area contributed by atoms with Crippen LogP contribution in [0.3, 0.4) is 0 Å². The van der Waals surface area contributed by atoms with E-state index in [4.69, 9.17) is 0 Å². The highest BCUT2D eigenvalue weighted by molar-refractivity contribution is 9.10. The summed E-state index contributed by atoms with van der Waals surface area (Å²) in [5.41, 5.74) is 1.27. The summed E-state index contributed by atoms with van der Waals surface area (Å²) in [5.74, 6) is 0. The lowest BCUT2D eigenvalue weighted by molar-refractivity contribution is 0.435. The van der Waals surface area contributed by atoms with Gasteiger partial charge in [-0.1, -0.05) is 27.6 Å². The van der Waals surface area contributed by atoms with Gasteiger partial charge < -0.3 is 0 Å². The first kappa shape index (κ1) is 10.2. The second-order valence-electron chi connectivity index (χ2n) is 2.88. The van der Waals surface area contributed by atoms with E-state index in [1.807, 2.05) is 13.0 Å². The fourth-order valence-electron chi connectivity index (χ4n) is 1.07. The van der Waals surface area contributed by atoms with E-state index < -0.39 is 10.0 Å². The minimum atomic E-state index is -3.04. The average molecular weight is 254 g/mol. The molecule has 0 aliphatic carbocycles. The van der Waals surface area contributed by atoms with Gasteiger partial charge in [0.05, 0.1) is 0 Å². The van der Waals surface area contributed by atoms with Gasteiger partial charge >= 0.3 is 0 Å². The minimum Gasteiger partial charge on any atom is -0.211 e. The molecule has 0 fully saturated rings. The zero-order chi connectivity index (χ0) is 9.19. The third-order valence-corrected chi connectivity index (χ3v) is 5.06. The lowest BCUT2D eigenvalue weighted by atomic mass is 10.1. The van der Waals surface area contributed by atoms with Crippen molar-refractivity contribution in [3.63, 3.8) is 0 Å². The maximum atomic E-state index is 11.3. The molecule has 0 radical (unpaired) electrons. The molecule has 0 saturated heterocycles. The van der Waals surface area contributed by atoms with Crippen molar-refractivity contribution >= 4 is 26.0 Å². The van der Waals surface area contributed by atoms with Crippen molar-refractivity contribution < 1.29 is 8.42 Å². The number of sulfonamides is 1. The summed E-state index contributed by atoms with van der Waals surface area (Å²) in [6, 6.07) is 0. The van der Waals surface area contributed by atoms with E-state index in [9.17, 15) is 8.42 Å². The van der Waals surface area contributed by atoms with Gasteiger partial charge in [-0.3, -0.25) is 0 Å². The van der Waals surface area contributed by atoms with Crippen LogP contribution in [0.15, 0.2) is 11.6 Å². The van der Waals surface area contributed by atoms with E-state index in [2.05, 4.69) is 15.9 Å². The number of alkyl halides is 1. The first-order valence-corrected chi connectivity index (χ1v) is 6.49. The van der Waals surface area contributed by atoms with Crippen LogP contribution < -0.4 is 0 Å². The molecular weight excluding hydrogens is 242 g/mol. The normalized spacial score (nSPS) is 20.7. The van der Waals surface area contributed by atoms with Gasteiger partial charge in [0.25, 0.3) is 0 Å². The van der Waals surface area contributed by atoms with E-state index in [1.165, 1.54) is 9.88 Å². The van der Waals surface area contributed by atoms with Crippen LogP contribution in [0, 0.1) is 0 Å². The number of nitrogens with zero attached hydrogens (tertiary/aromatic N) is 1. The van der Waals surface area contributed by atoms with Gasteiger partial charge in [-0.2, -0.15) is 4.31 Å². The number of halogens is 1. The second-order valence-corrected chi connectivity index (χ2v) is 6.15. The van der Waals surface area contributed by atoms with Gasteiger partial charge in [-0.05, 0) is 13.3 Å². The second kappa shape index (κ2) is 3.89. The number of hydrogen-bond acceptors (Lipinski definition) is 2.